The minimum atomic E-state index is -0.176. The van der Waals surface area contributed by atoms with Crippen molar-refractivity contribution in [3.8, 4) is 0 Å². The molecule has 0 aromatic heterocycles. The van der Waals surface area contributed by atoms with Gasteiger partial charge in [-0.15, -0.1) is 0 Å². The molecule has 3 heteroatoms. The van der Waals surface area contributed by atoms with Crippen LogP contribution in [0, 0.1) is 11.7 Å². The van der Waals surface area contributed by atoms with E-state index in [1.54, 1.807) is 0 Å². The molecular weight excluding hydrogens is 239 g/mol. The molecule has 0 radical (unpaired) electrons. The highest BCUT2D eigenvalue weighted by molar-refractivity contribution is 5.19. The molecule has 0 saturated carbocycles. The summed E-state index contributed by atoms with van der Waals surface area (Å²) in [6.45, 7) is 7.42. The maximum absolute atomic E-state index is 13.0. The molecule has 1 aromatic rings. The summed E-state index contributed by atoms with van der Waals surface area (Å²) in [6.07, 6.45) is 3.39. The molecule has 0 amide bonds. The Morgan fingerprint density at radius 2 is 1.84 bits per heavy atom. The standard InChI is InChI=1S/C16H25FN2/c1-13-7-9-19(10-8-13)16(2,12-18)11-14-3-5-15(17)6-4-14/h3-6,13H,7-12,18H2,1-2H3. The van der Waals surface area contributed by atoms with Gasteiger partial charge in [-0.3, -0.25) is 4.90 Å². The lowest BCUT2D eigenvalue weighted by Gasteiger charge is -2.44. The molecule has 106 valence electrons. The smallest absolute Gasteiger partial charge is 0.123 e. The minimum absolute atomic E-state index is 0.0159. The normalized spacial score (nSPS) is 21.3. The monoisotopic (exact) mass is 264 g/mol. The van der Waals surface area contributed by atoms with Crippen molar-refractivity contribution < 1.29 is 4.39 Å². The third-order valence-corrected chi connectivity index (χ3v) is 4.49. The molecule has 1 fully saturated rings. The average Bonchev–Trinajstić information content (AvgIpc) is 2.42. The van der Waals surface area contributed by atoms with Gasteiger partial charge in [0.15, 0.2) is 0 Å². The second-order valence-electron chi connectivity index (χ2n) is 6.17. The van der Waals surface area contributed by atoms with E-state index in [4.69, 9.17) is 5.73 Å². The van der Waals surface area contributed by atoms with Crippen LogP contribution in [0.1, 0.15) is 32.3 Å². The fraction of sp³-hybridized carbons (Fsp3) is 0.625. The highest BCUT2D eigenvalue weighted by Crippen LogP contribution is 2.26. The fourth-order valence-corrected chi connectivity index (χ4v) is 2.90. The van der Waals surface area contributed by atoms with Crippen LogP contribution in [0.15, 0.2) is 24.3 Å². The first-order valence-corrected chi connectivity index (χ1v) is 7.23. The topological polar surface area (TPSA) is 29.3 Å². The summed E-state index contributed by atoms with van der Waals surface area (Å²) in [6, 6.07) is 6.81. The predicted molar refractivity (Wildman–Crippen MR) is 77.5 cm³/mol. The summed E-state index contributed by atoms with van der Waals surface area (Å²) < 4.78 is 13.0. The molecule has 1 heterocycles. The number of hydrogen-bond donors (Lipinski definition) is 1. The highest BCUT2D eigenvalue weighted by atomic mass is 19.1. The zero-order valence-corrected chi connectivity index (χ0v) is 12.0. The maximum atomic E-state index is 13.0. The number of hydrogen-bond acceptors (Lipinski definition) is 2. The molecule has 1 aliphatic rings. The number of piperidine rings is 1. The number of halogens is 1. The third kappa shape index (κ3) is 3.54. The van der Waals surface area contributed by atoms with Gasteiger partial charge in [-0.2, -0.15) is 0 Å². The summed E-state index contributed by atoms with van der Waals surface area (Å²) in [5.74, 6) is 0.647. The van der Waals surface area contributed by atoms with Crippen LogP contribution >= 0.6 is 0 Å². The number of nitrogens with zero attached hydrogens (tertiary/aromatic N) is 1. The van der Waals surface area contributed by atoms with E-state index in [2.05, 4.69) is 18.7 Å². The van der Waals surface area contributed by atoms with Crippen LogP contribution < -0.4 is 5.73 Å². The van der Waals surface area contributed by atoms with Crippen molar-refractivity contribution in [3.63, 3.8) is 0 Å². The second kappa shape index (κ2) is 6.02. The summed E-state index contributed by atoms with van der Waals surface area (Å²) in [7, 11) is 0. The Balaban J connectivity index is 2.06. The van der Waals surface area contributed by atoms with Crippen LogP contribution in [-0.2, 0) is 6.42 Å². The Kier molecular flexibility index (Phi) is 4.58. The van der Waals surface area contributed by atoms with Crippen molar-refractivity contribution in [2.75, 3.05) is 19.6 Å². The van der Waals surface area contributed by atoms with Crippen LogP contribution in [0.5, 0.6) is 0 Å². The van der Waals surface area contributed by atoms with Crippen molar-refractivity contribution in [1.29, 1.82) is 0 Å². The number of nitrogens with two attached hydrogens (primary N) is 1. The van der Waals surface area contributed by atoms with Gasteiger partial charge in [0.25, 0.3) is 0 Å². The SMILES string of the molecule is CC1CCN(C(C)(CN)Cc2ccc(F)cc2)CC1. The van der Waals surface area contributed by atoms with E-state index in [0.717, 1.165) is 31.0 Å². The predicted octanol–water partition coefficient (Wildman–Crippen LogP) is 2.82. The van der Waals surface area contributed by atoms with Crippen molar-refractivity contribution in [2.24, 2.45) is 11.7 Å². The van der Waals surface area contributed by atoms with Gasteiger partial charge in [-0.05, 0) is 62.9 Å². The molecular formula is C16H25FN2. The van der Waals surface area contributed by atoms with Gasteiger partial charge in [-0.1, -0.05) is 19.1 Å². The van der Waals surface area contributed by atoms with Crippen molar-refractivity contribution in [3.05, 3.63) is 35.6 Å². The number of benzene rings is 1. The number of rotatable bonds is 4. The lowest BCUT2D eigenvalue weighted by Crippen LogP contribution is -2.55. The largest absolute Gasteiger partial charge is 0.329 e. The third-order valence-electron chi connectivity index (χ3n) is 4.49. The van der Waals surface area contributed by atoms with E-state index in [9.17, 15) is 4.39 Å². The minimum Gasteiger partial charge on any atom is -0.329 e. The quantitative estimate of drug-likeness (QED) is 0.906. The van der Waals surface area contributed by atoms with Gasteiger partial charge >= 0.3 is 0 Å². The van der Waals surface area contributed by atoms with Crippen molar-refractivity contribution in [1.82, 2.24) is 4.90 Å². The van der Waals surface area contributed by atoms with Gasteiger partial charge in [0, 0.05) is 12.1 Å². The zero-order valence-electron chi connectivity index (χ0n) is 12.0. The summed E-state index contributed by atoms with van der Waals surface area (Å²) >= 11 is 0. The molecule has 19 heavy (non-hydrogen) atoms. The second-order valence-corrected chi connectivity index (χ2v) is 6.17. The average molecular weight is 264 g/mol. The first-order valence-electron chi connectivity index (χ1n) is 7.23. The molecule has 0 aliphatic carbocycles. The summed E-state index contributed by atoms with van der Waals surface area (Å²) in [5.41, 5.74) is 7.18. The lowest BCUT2D eigenvalue weighted by molar-refractivity contribution is 0.0708. The van der Waals surface area contributed by atoms with Crippen LogP contribution in [0.3, 0.4) is 0 Å². The lowest BCUT2D eigenvalue weighted by atomic mass is 9.87. The highest BCUT2D eigenvalue weighted by Gasteiger charge is 2.32. The Labute approximate surface area is 115 Å². The first-order chi connectivity index (χ1) is 9.03. The zero-order chi connectivity index (χ0) is 13.9. The van der Waals surface area contributed by atoms with Gasteiger partial charge in [0.1, 0.15) is 5.82 Å². The van der Waals surface area contributed by atoms with Crippen molar-refractivity contribution in [2.45, 2.75) is 38.6 Å². The van der Waals surface area contributed by atoms with Gasteiger partial charge in [-0.25, -0.2) is 4.39 Å². The molecule has 1 aliphatic heterocycles. The molecule has 2 nitrogen and oxygen atoms in total. The van der Waals surface area contributed by atoms with Gasteiger partial charge < -0.3 is 5.73 Å². The fourth-order valence-electron chi connectivity index (χ4n) is 2.90. The van der Waals surface area contributed by atoms with Crippen LogP contribution in [0.25, 0.3) is 0 Å². The Morgan fingerprint density at radius 1 is 1.26 bits per heavy atom. The first kappa shape index (κ1) is 14.5. The van der Waals surface area contributed by atoms with Crippen LogP contribution in [0.4, 0.5) is 4.39 Å². The molecule has 1 aromatic carbocycles. The Hall–Kier alpha value is -0.930. The van der Waals surface area contributed by atoms with E-state index < -0.39 is 0 Å². The molecule has 0 bridgehead atoms. The van der Waals surface area contributed by atoms with Gasteiger partial charge in [0.2, 0.25) is 0 Å². The van der Waals surface area contributed by atoms with Gasteiger partial charge in [0.05, 0.1) is 0 Å². The van der Waals surface area contributed by atoms with E-state index in [1.165, 1.54) is 25.0 Å². The maximum Gasteiger partial charge on any atom is 0.123 e. The van der Waals surface area contributed by atoms with E-state index in [1.807, 2.05) is 12.1 Å². The van der Waals surface area contributed by atoms with E-state index in [-0.39, 0.29) is 11.4 Å². The Morgan fingerprint density at radius 3 is 2.37 bits per heavy atom. The van der Waals surface area contributed by atoms with E-state index >= 15 is 0 Å². The van der Waals surface area contributed by atoms with Crippen LogP contribution in [0.2, 0.25) is 0 Å². The molecule has 1 atom stereocenters. The van der Waals surface area contributed by atoms with Crippen molar-refractivity contribution >= 4 is 0 Å². The molecule has 0 spiro atoms. The molecule has 1 unspecified atom stereocenters. The summed E-state index contributed by atoms with van der Waals surface area (Å²) in [5, 5.41) is 0. The Bertz CT molecular complexity index is 396. The molecule has 1 saturated heterocycles. The molecule has 2 N–H and O–H groups in total. The van der Waals surface area contributed by atoms with Crippen LogP contribution in [-0.4, -0.2) is 30.1 Å². The number of likely N-dealkylation sites (tertiary alicyclic amines) is 1. The molecule has 2 rings (SSSR count). The van der Waals surface area contributed by atoms with E-state index in [0.29, 0.717) is 6.54 Å². The summed E-state index contributed by atoms with van der Waals surface area (Å²) in [4.78, 5) is 2.51.